The van der Waals surface area contributed by atoms with Gasteiger partial charge in [-0.1, -0.05) is 38.3 Å². The second-order valence-corrected chi connectivity index (χ2v) is 5.06. The maximum atomic E-state index is 9.00. The molecule has 2 rings (SSSR count). The van der Waals surface area contributed by atoms with Crippen molar-refractivity contribution >= 4 is 11.0 Å². The number of hydrogen-bond donors (Lipinski definition) is 1. The molecule has 0 aliphatic rings. The van der Waals surface area contributed by atoms with Crippen LogP contribution >= 0.6 is 0 Å². The van der Waals surface area contributed by atoms with Gasteiger partial charge in [-0.15, -0.1) is 0 Å². The van der Waals surface area contributed by atoms with Gasteiger partial charge >= 0.3 is 0 Å². The molecule has 1 aromatic heterocycles. The molecule has 0 fully saturated rings. The molecule has 0 amide bonds. The summed E-state index contributed by atoms with van der Waals surface area (Å²) < 4.78 is 2.33. The number of fused-ring (bicyclic) bond motifs is 1. The molecule has 0 radical (unpaired) electrons. The van der Waals surface area contributed by atoms with Crippen molar-refractivity contribution in [3.63, 3.8) is 0 Å². The van der Waals surface area contributed by atoms with Crippen molar-refractivity contribution in [3.05, 3.63) is 30.1 Å². The maximum absolute atomic E-state index is 9.00. The lowest BCUT2D eigenvalue weighted by molar-refractivity contribution is 0.287. The van der Waals surface area contributed by atoms with Gasteiger partial charge in [0.2, 0.25) is 0 Å². The van der Waals surface area contributed by atoms with E-state index in [1.165, 1.54) is 31.2 Å². The molecule has 104 valence electrons. The summed E-state index contributed by atoms with van der Waals surface area (Å²) in [5.41, 5.74) is 2.30. The minimum absolute atomic E-state index is 0.235. The maximum Gasteiger partial charge on any atom is 0.109 e. The SMILES string of the molecule is CCCCCCn1c(CCCO)nc2ccccc21. The molecule has 0 atom stereocenters. The van der Waals surface area contributed by atoms with Crippen molar-refractivity contribution in [2.24, 2.45) is 0 Å². The van der Waals surface area contributed by atoms with Crippen molar-refractivity contribution in [1.82, 2.24) is 9.55 Å². The summed E-state index contributed by atoms with van der Waals surface area (Å²) in [6.07, 6.45) is 6.71. The number of para-hydroxylation sites is 2. The van der Waals surface area contributed by atoms with E-state index in [0.717, 1.165) is 30.7 Å². The van der Waals surface area contributed by atoms with E-state index < -0.39 is 0 Å². The molecule has 1 heterocycles. The van der Waals surface area contributed by atoms with Crippen molar-refractivity contribution in [2.75, 3.05) is 6.61 Å². The van der Waals surface area contributed by atoms with Crippen molar-refractivity contribution in [3.8, 4) is 0 Å². The summed E-state index contributed by atoms with van der Waals surface area (Å²) in [4.78, 5) is 4.70. The normalized spacial score (nSPS) is 11.3. The summed E-state index contributed by atoms with van der Waals surface area (Å²) in [7, 11) is 0. The number of aliphatic hydroxyl groups is 1. The zero-order chi connectivity index (χ0) is 13.5. The van der Waals surface area contributed by atoms with Gasteiger partial charge in [0.15, 0.2) is 0 Å². The highest BCUT2D eigenvalue weighted by Gasteiger charge is 2.09. The first-order chi connectivity index (χ1) is 9.36. The fraction of sp³-hybridized carbons (Fsp3) is 0.562. The first-order valence-corrected chi connectivity index (χ1v) is 7.41. The predicted molar refractivity (Wildman–Crippen MR) is 79.3 cm³/mol. The highest BCUT2D eigenvalue weighted by atomic mass is 16.2. The number of imidazole rings is 1. The lowest BCUT2D eigenvalue weighted by Crippen LogP contribution is -2.05. The Bertz CT molecular complexity index is 504. The molecule has 3 nitrogen and oxygen atoms in total. The third kappa shape index (κ3) is 3.57. The lowest BCUT2D eigenvalue weighted by Gasteiger charge is -2.08. The quantitative estimate of drug-likeness (QED) is 0.737. The van der Waals surface area contributed by atoms with Crippen LogP contribution in [-0.2, 0) is 13.0 Å². The van der Waals surface area contributed by atoms with Gasteiger partial charge in [0, 0.05) is 19.6 Å². The number of hydrogen-bond acceptors (Lipinski definition) is 2. The first kappa shape index (κ1) is 14.1. The third-order valence-electron chi connectivity index (χ3n) is 3.53. The highest BCUT2D eigenvalue weighted by Crippen LogP contribution is 2.18. The Morgan fingerprint density at radius 2 is 1.95 bits per heavy atom. The largest absolute Gasteiger partial charge is 0.396 e. The summed E-state index contributed by atoms with van der Waals surface area (Å²) in [5, 5.41) is 9.00. The van der Waals surface area contributed by atoms with Crippen LogP contribution in [0.25, 0.3) is 11.0 Å². The molecule has 1 N–H and O–H groups in total. The number of nitrogens with zero attached hydrogens (tertiary/aromatic N) is 2. The smallest absolute Gasteiger partial charge is 0.109 e. The van der Waals surface area contributed by atoms with E-state index in [-0.39, 0.29) is 6.61 Å². The minimum atomic E-state index is 0.235. The molecule has 2 aromatic rings. The molecule has 0 spiro atoms. The number of unbranched alkanes of at least 4 members (excludes halogenated alkanes) is 3. The van der Waals surface area contributed by atoms with E-state index in [4.69, 9.17) is 10.1 Å². The van der Waals surface area contributed by atoms with Crippen LogP contribution < -0.4 is 0 Å². The van der Waals surface area contributed by atoms with Crippen LogP contribution in [0.3, 0.4) is 0 Å². The van der Waals surface area contributed by atoms with E-state index in [1.807, 2.05) is 6.07 Å². The highest BCUT2D eigenvalue weighted by molar-refractivity contribution is 5.75. The van der Waals surface area contributed by atoms with E-state index in [1.54, 1.807) is 0 Å². The van der Waals surface area contributed by atoms with Gasteiger partial charge in [0.1, 0.15) is 5.82 Å². The van der Waals surface area contributed by atoms with Crippen molar-refractivity contribution in [2.45, 2.75) is 52.0 Å². The monoisotopic (exact) mass is 260 g/mol. The summed E-state index contributed by atoms with van der Waals surface area (Å²) in [6.45, 7) is 3.51. The van der Waals surface area contributed by atoms with E-state index >= 15 is 0 Å². The van der Waals surface area contributed by atoms with Crippen LogP contribution in [0.5, 0.6) is 0 Å². The Hall–Kier alpha value is -1.35. The Balaban J connectivity index is 2.16. The fourth-order valence-corrected chi connectivity index (χ4v) is 2.50. The van der Waals surface area contributed by atoms with Gasteiger partial charge in [-0.2, -0.15) is 0 Å². The lowest BCUT2D eigenvalue weighted by atomic mass is 10.2. The molecular weight excluding hydrogens is 236 g/mol. The van der Waals surface area contributed by atoms with Gasteiger partial charge in [-0.25, -0.2) is 4.98 Å². The topological polar surface area (TPSA) is 38.0 Å². The molecule has 19 heavy (non-hydrogen) atoms. The summed E-state index contributed by atoms with van der Waals surface area (Å²) in [5.74, 6) is 1.12. The molecular formula is C16H24N2O. The molecule has 0 saturated heterocycles. The molecule has 3 heteroatoms. The molecule has 1 aromatic carbocycles. The number of aliphatic hydroxyl groups excluding tert-OH is 1. The fourth-order valence-electron chi connectivity index (χ4n) is 2.50. The number of rotatable bonds is 8. The van der Waals surface area contributed by atoms with Gasteiger partial charge < -0.3 is 9.67 Å². The van der Waals surface area contributed by atoms with E-state index in [0.29, 0.717) is 0 Å². The van der Waals surface area contributed by atoms with Crippen LogP contribution in [0, 0.1) is 0 Å². The number of aryl methyl sites for hydroxylation is 2. The first-order valence-electron chi connectivity index (χ1n) is 7.41. The van der Waals surface area contributed by atoms with Crippen molar-refractivity contribution in [1.29, 1.82) is 0 Å². The van der Waals surface area contributed by atoms with E-state index in [2.05, 4.69) is 29.7 Å². The Kier molecular flexibility index (Phi) is 5.40. The average molecular weight is 260 g/mol. The van der Waals surface area contributed by atoms with Gasteiger partial charge in [0.25, 0.3) is 0 Å². The van der Waals surface area contributed by atoms with Crippen LogP contribution in [0.2, 0.25) is 0 Å². The predicted octanol–water partition coefficient (Wildman–Crippen LogP) is 3.54. The Morgan fingerprint density at radius 3 is 2.74 bits per heavy atom. The molecule has 0 aliphatic heterocycles. The zero-order valence-corrected chi connectivity index (χ0v) is 11.8. The third-order valence-corrected chi connectivity index (χ3v) is 3.53. The van der Waals surface area contributed by atoms with Gasteiger partial charge in [-0.05, 0) is 25.0 Å². The van der Waals surface area contributed by atoms with E-state index in [9.17, 15) is 0 Å². The van der Waals surface area contributed by atoms with Gasteiger partial charge in [-0.3, -0.25) is 0 Å². The number of aromatic nitrogens is 2. The van der Waals surface area contributed by atoms with Gasteiger partial charge in [0.05, 0.1) is 11.0 Å². The van der Waals surface area contributed by atoms with Crippen molar-refractivity contribution < 1.29 is 5.11 Å². The Labute approximate surface area is 115 Å². The van der Waals surface area contributed by atoms with Crippen LogP contribution in [0.15, 0.2) is 24.3 Å². The summed E-state index contributed by atoms with van der Waals surface area (Å²) in [6, 6.07) is 8.32. The van der Waals surface area contributed by atoms with Crippen LogP contribution in [0.1, 0.15) is 44.9 Å². The van der Waals surface area contributed by atoms with Crippen LogP contribution in [-0.4, -0.2) is 21.3 Å². The Morgan fingerprint density at radius 1 is 1.11 bits per heavy atom. The zero-order valence-electron chi connectivity index (χ0n) is 11.8. The minimum Gasteiger partial charge on any atom is -0.396 e. The molecule has 0 saturated carbocycles. The van der Waals surface area contributed by atoms with Crippen LogP contribution in [0.4, 0.5) is 0 Å². The molecule has 0 unspecified atom stereocenters. The molecule has 0 bridgehead atoms. The standard InChI is InChI=1S/C16H24N2O/c1-2-3-4-7-12-18-15-10-6-5-9-14(15)17-16(18)11-8-13-19/h5-6,9-10,19H,2-4,7-8,11-13H2,1H3. The second kappa shape index (κ2) is 7.29. The molecule has 0 aliphatic carbocycles. The average Bonchev–Trinajstić information content (AvgIpc) is 2.79. The summed E-state index contributed by atoms with van der Waals surface area (Å²) >= 11 is 0. The second-order valence-electron chi connectivity index (χ2n) is 5.06. The number of benzene rings is 1.